The van der Waals surface area contributed by atoms with Gasteiger partial charge in [0.1, 0.15) is 0 Å². The van der Waals surface area contributed by atoms with E-state index in [1.54, 1.807) is 6.92 Å². The molecule has 1 amide bonds. The summed E-state index contributed by atoms with van der Waals surface area (Å²) in [6, 6.07) is 1.38. The Labute approximate surface area is 80.8 Å². The molecule has 1 rings (SSSR count). The summed E-state index contributed by atoms with van der Waals surface area (Å²) in [5.41, 5.74) is 0.705. The van der Waals surface area contributed by atoms with Gasteiger partial charge in [0.25, 0.3) is 5.91 Å². The van der Waals surface area contributed by atoms with Crippen LogP contribution in [0.2, 0.25) is 0 Å². The molecule has 0 fully saturated rings. The molecule has 0 saturated carbocycles. The summed E-state index contributed by atoms with van der Waals surface area (Å²) in [4.78, 5) is 11.8. The minimum Gasteiger partial charge on any atom is -0.351 e. The number of carbonyl (C=O) groups is 1. The largest absolute Gasteiger partial charge is 0.351 e. The van der Waals surface area contributed by atoms with Gasteiger partial charge in [-0.1, -0.05) is 6.92 Å². The van der Waals surface area contributed by atoms with Crippen molar-refractivity contribution in [3.8, 4) is 0 Å². The third-order valence-corrected chi connectivity index (χ3v) is 2.65. The van der Waals surface area contributed by atoms with Gasteiger partial charge < -0.3 is 5.32 Å². The van der Waals surface area contributed by atoms with Gasteiger partial charge in [-0.15, -0.1) is 11.3 Å². The highest BCUT2D eigenvalue weighted by Gasteiger charge is 2.12. The predicted molar refractivity (Wildman–Crippen MR) is 51.6 cm³/mol. The summed E-state index contributed by atoms with van der Waals surface area (Å²) in [5.74, 6) is -0.173. The highest BCUT2D eigenvalue weighted by molar-refractivity contribution is 7.12. The quantitative estimate of drug-likeness (QED) is 0.799. The Balaban J connectivity index is 2.70. The van der Waals surface area contributed by atoms with Crippen LogP contribution in [-0.4, -0.2) is 12.5 Å². The molecule has 0 atom stereocenters. The Morgan fingerprint density at radius 3 is 2.85 bits per heavy atom. The predicted octanol–water partition coefficient (Wildman–Crippen LogP) is 2.34. The van der Waals surface area contributed by atoms with E-state index in [0.29, 0.717) is 17.0 Å². The Kier molecular flexibility index (Phi) is 3.42. The monoisotopic (exact) mass is 201 g/mol. The van der Waals surface area contributed by atoms with Crippen LogP contribution in [0.25, 0.3) is 0 Å². The highest BCUT2D eigenvalue weighted by atomic mass is 32.1. The number of carbonyl (C=O) groups excluding carboxylic acids is 1. The number of amides is 1. The lowest BCUT2D eigenvalue weighted by Crippen LogP contribution is -2.23. The molecule has 0 saturated heterocycles. The van der Waals surface area contributed by atoms with E-state index in [0.717, 1.165) is 17.8 Å². The molecular weight excluding hydrogens is 189 g/mol. The van der Waals surface area contributed by atoms with Crippen molar-refractivity contribution in [2.24, 2.45) is 0 Å². The summed E-state index contributed by atoms with van der Waals surface area (Å²) in [6.07, 6.45) is 0.888. The van der Waals surface area contributed by atoms with Gasteiger partial charge in [-0.3, -0.25) is 4.79 Å². The van der Waals surface area contributed by atoms with Crippen LogP contribution in [0.5, 0.6) is 0 Å². The fraction of sp³-hybridized carbons (Fsp3) is 0.444. The lowest BCUT2D eigenvalue weighted by atomic mass is 10.3. The average Bonchev–Trinajstić information content (AvgIpc) is 2.41. The van der Waals surface area contributed by atoms with E-state index in [1.807, 2.05) is 6.92 Å². The van der Waals surface area contributed by atoms with Gasteiger partial charge in [-0.2, -0.15) is 4.39 Å². The van der Waals surface area contributed by atoms with Crippen molar-refractivity contribution < 1.29 is 9.18 Å². The average molecular weight is 201 g/mol. The molecule has 0 aliphatic rings. The zero-order chi connectivity index (χ0) is 9.84. The number of rotatable bonds is 3. The Bertz CT molecular complexity index is 309. The van der Waals surface area contributed by atoms with Crippen molar-refractivity contribution in [3.63, 3.8) is 0 Å². The van der Waals surface area contributed by atoms with Gasteiger partial charge in [-0.25, -0.2) is 0 Å². The number of thiophene rings is 1. The van der Waals surface area contributed by atoms with Crippen molar-refractivity contribution in [2.75, 3.05) is 6.54 Å². The van der Waals surface area contributed by atoms with Gasteiger partial charge >= 0.3 is 0 Å². The summed E-state index contributed by atoms with van der Waals surface area (Å²) < 4.78 is 12.7. The second-order valence-electron chi connectivity index (χ2n) is 2.82. The third kappa shape index (κ3) is 2.52. The van der Waals surface area contributed by atoms with Crippen LogP contribution in [-0.2, 0) is 0 Å². The topological polar surface area (TPSA) is 29.1 Å². The summed E-state index contributed by atoms with van der Waals surface area (Å²) in [6.45, 7) is 4.35. The van der Waals surface area contributed by atoms with E-state index >= 15 is 0 Å². The molecule has 13 heavy (non-hydrogen) atoms. The van der Waals surface area contributed by atoms with Crippen LogP contribution in [0.4, 0.5) is 4.39 Å². The molecule has 0 unspecified atom stereocenters. The van der Waals surface area contributed by atoms with Gasteiger partial charge in [0.15, 0.2) is 5.13 Å². The smallest absolute Gasteiger partial charge is 0.261 e. The maximum Gasteiger partial charge on any atom is 0.261 e. The first-order valence-corrected chi connectivity index (χ1v) is 5.01. The molecule has 1 aromatic rings. The Morgan fingerprint density at radius 1 is 1.69 bits per heavy atom. The van der Waals surface area contributed by atoms with Crippen LogP contribution in [0, 0.1) is 12.1 Å². The van der Waals surface area contributed by atoms with Gasteiger partial charge in [0.2, 0.25) is 0 Å². The summed E-state index contributed by atoms with van der Waals surface area (Å²) >= 11 is 0.894. The van der Waals surface area contributed by atoms with Gasteiger partial charge in [0.05, 0.1) is 4.88 Å². The van der Waals surface area contributed by atoms with Crippen molar-refractivity contribution in [1.82, 2.24) is 5.32 Å². The van der Waals surface area contributed by atoms with Crippen LogP contribution in [0.1, 0.15) is 28.6 Å². The molecule has 0 aliphatic carbocycles. The normalized spacial score (nSPS) is 10.1. The van der Waals surface area contributed by atoms with E-state index in [9.17, 15) is 9.18 Å². The summed E-state index contributed by atoms with van der Waals surface area (Å²) in [5, 5.41) is 2.40. The fourth-order valence-electron chi connectivity index (χ4n) is 0.987. The first-order chi connectivity index (χ1) is 6.15. The standard InChI is InChI=1S/C9H12FNOS/c1-3-4-11-9(12)8-6(2)5-7(10)13-8/h5H,3-4H2,1-2H3,(H,11,12). The molecule has 0 aliphatic heterocycles. The van der Waals surface area contributed by atoms with Crippen LogP contribution in [0.3, 0.4) is 0 Å². The first-order valence-electron chi connectivity index (χ1n) is 4.19. The fourth-order valence-corrected chi connectivity index (χ4v) is 1.80. The minimum absolute atomic E-state index is 0.173. The molecule has 1 N–H and O–H groups in total. The van der Waals surface area contributed by atoms with Crippen molar-refractivity contribution in [2.45, 2.75) is 20.3 Å². The van der Waals surface area contributed by atoms with E-state index < -0.39 is 0 Å². The zero-order valence-electron chi connectivity index (χ0n) is 7.69. The number of halogens is 1. The second kappa shape index (κ2) is 4.37. The molecule has 0 spiro atoms. The molecule has 4 heteroatoms. The SMILES string of the molecule is CCCNC(=O)c1sc(F)cc1C. The number of nitrogens with one attached hydrogen (secondary N) is 1. The molecule has 0 bridgehead atoms. The van der Waals surface area contributed by atoms with E-state index in [2.05, 4.69) is 5.32 Å². The molecule has 1 aromatic heterocycles. The van der Waals surface area contributed by atoms with Crippen molar-refractivity contribution in [3.05, 3.63) is 21.6 Å². The van der Waals surface area contributed by atoms with E-state index in [-0.39, 0.29) is 11.0 Å². The summed E-state index contributed by atoms with van der Waals surface area (Å²) in [7, 11) is 0. The molecule has 2 nitrogen and oxygen atoms in total. The lowest BCUT2D eigenvalue weighted by Gasteiger charge is -2.00. The molecular formula is C9H12FNOS. The van der Waals surface area contributed by atoms with Crippen molar-refractivity contribution >= 4 is 17.2 Å². The van der Waals surface area contributed by atoms with E-state index in [1.165, 1.54) is 6.07 Å². The zero-order valence-corrected chi connectivity index (χ0v) is 8.50. The minimum atomic E-state index is -0.306. The first kappa shape index (κ1) is 10.2. The van der Waals surface area contributed by atoms with Gasteiger partial charge in [0, 0.05) is 6.54 Å². The molecule has 1 heterocycles. The Morgan fingerprint density at radius 2 is 2.38 bits per heavy atom. The van der Waals surface area contributed by atoms with Crippen LogP contribution in [0.15, 0.2) is 6.07 Å². The highest BCUT2D eigenvalue weighted by Crippen LogP contribution is 2.19. The maximum atomic E-state index is 12.7. The number of hydrogen-bond donors (Lipinski definition) is 1. The molecule has 0 aromatic carbocycles. The van der Waals surface area contributed by atoms with Crippen molar-refractivity contribution in [1.29, 1.82) is 0 Å². The Hall–Kier alpha value is -0.900. The number of hydrogen-bond acceptors (Lipinski definition) is 2. The maximum absolute atomic E-state index is 12.7. The lowest BCUT2D eigenvalue weighted by molar-refractivity contribution is 0.0957. The second-order valence-corrected chi connectivity index (χ2v) is 3.82. The van der Waals surface area contributed by atoms with Gasteiger partial charge in [-0.05, 0) is 25.0 Å². The molecule has 0 radical (unpaired) electrons. The number of aryl methyl sites for hydroxylation is 1. The van der Waals surface area contributed by atoms with Crippen LogP contribution >= 0.6 is 11.3 Å². The molecule has 72 valence electrons. The van der Waals surface area contributed by atoms with E-state index in [4.69, 9.17) is 0 Å². The van der Waals surface area contributed by atoms with Crippen LogP contribution < -0.4 is 5.32 Å². The third-order valence-electron chi connectivity index (χ3n) is 1.63.